The molecule has 0 aliphatic carbocycles. The number of hydrogen-bond donors (Lipinski definition) is 1. The number of carbonyl (C=O) groups excluding carboxylic acids is 2. The Kier molecular flexibility index (Phi) is 3.95. The lowest BCUT2D eigenvalue weighted by molar-refractivity contribution is -0.145. The van der Waals surface area contributed by atoms with Gasteiger partial charge in [-0.05, 0) is 44.7 Å². The van der Waals surface area contributed by atoms with E-state index in [1.807, 2.05) is 18.7 Å². The summed E-state index contributed by atoms with van der Waals surface area (Å²) in [7, 11) is 0. The molecule has 2 amide bonds. The van der Waals surface area contributed by atoms with Crippen molar-refractivity contribution < 1.29 is 9.59 Å². The quantitative estimate of drug-likeness (QED) is 0.844. The van der Waals surface area contributed by atoms with Crippen LogP contribution in [-0.2, 0) is 9.59 Å². The predicted molar refractivity (Wildman–Crippen MR) is 80.7 cm³/mol. The van der Waals surface area contributed by atoms with Crippen LogP contribution in [0.4, 0.5) is 0 Å². The van der Waals surface area contributed by atoms with E-state index in [9.17, 15) is 9.59 Å². The van der Waals surface area contributed by atoms with Crippen LogP contribution >= 0.6 is 0 Å². The van der Waals surface area contributed by atoms with Crippen molar-refractivity contribution in [3.63, 3.8) is 0 Å². The summed E-state index contributed by atoms with van der Waals surface area (Å²) in [5.74, 6) is 0.798. The second-order valence-corrected chi connectivity index (χ2v) is 6.79. The highest BCUT2D eigenvalue weighted by molar-refractivity contribution is 5.93. The van der Waals surface area contributed by atoms with Crippen molar-refractivity contribution in [1.29, 1.82) is 0 Å². The minimum Gasteiger partial charge on any atom is -0.342 e. The summed E-state index contributed by atoms with van der Waals surface area (Å²) in [6.45, 7) is 7.93. The number of fused-ring (bicyclic) bond motifs is 3. The maximum absolute atomic E-state index is 13.1. The molecule has 118 valence electrons. The number of carbonyl (C=O) groups is 2. The lowest BCUT2D eigenvalue weighted by Crippen LogP contribution is -2.63. The molecule has 0 aromatic heterocycles. The molecule has 5 heteroatoms. The zero-order chi connectivity index (χ0) is 15.0. The highest BCUT2D eigenvalue weighted by Crippen LogP contribution is 2.33. The minimum atomic E-state index is -0.681. The Morgan fingerprint density at radius 3 is 2.33 bits per heavy atom. The van der Waals surface area contributed by atoms with Gasteiger partial charge in [-0.15, -0.1) is 0 Å². The molecular formula is C16H27N3O2. The van der Waals surface area contributed by atoms with Crippen LogP contribution in [-0.4, -0.2) is 59.4 Å². The van der Waals surface area contributed by atoms with Crippen molar-refractivity contribution in [1.82, 2.24) is 15.1 Å². The van der Waals surface area contributed by atoms with Gasteiger partial charge in [0.2, 0.25) is 11.8 Å². The Balaban J connectivity index is 1.86. The SMILES string of the molecule is CCC1(CC)NC(=O)CCN(C2CN3CCC2CC3)C1=O. The third kappa shape index (κ3) is 2.45. The van der Waals surface area contributed by atoms with Crippen molar-refractivity contribution in [3.05, 3.63) is 0 Å². The van der Waals surface area contributed by atoms with Gasteiger partial charge in [0.15, 0.2) is 0 Å². The molecule has 1 atom stereocenters. The van der Waals surface area contributed by atoms with E-state index in [-0.39, 0.29) is 11.8 Å². The second kappa shape index (κ2) is 5.59. The van der Waals surface area contributed by atoms with E-state index in [0.717, 1.165) is 6.54 Å². The molecule has 0 radical (unpaired) electrons. The van der Waals surface area contributed by atoms with Gasteiger partial charge in [0.25, 0.3) is 0 Å². The molecule has 4 heterocycles. The summed E-state index contributed by atoms with van der Waals surface area (Å²) in [4.78, 5) is 29.7. The van der Waals surface area contributed by atoms with Gasteiger partial charge in [0.05, 0.1) is 0 Å². The minimum absolute atomic E-state index is 0.0239. The first kappa shape index (κ1) is 14.8. The van der Waals surface area contributed by atoms with Crippen LogP contribution < -0.4 is 5.32 Å². The molecule has 4 aliphatic rings. The fraction of sp³-hybridized carbons (Fsp3) is 0.875. The molecule has 5 nitrogen and oxygen atoms in total. The summed E-state index contributed by atoms with van der Waals surface area (Å²) < 4.78 is 0. The normalized spacial score (nSPS) is 35.5. The topological polar surface area (TPSA) is 52.7 Å². The largest absolute Gasteiger partial charge is 0.342 e. The summed E-state index contributed by atoms with van der Waals surface area (Å²) >= 11 is 0. The molecule has 0 aromatic carbocycles. The van der Waals surface area contributed by atoms with Crippen molar-refractivity contribution >= 4 is 11.8 Å². The molecule has 1 unspecified atom stereocenters. The van der Waals surface area contributed by atoms with E-state index >= 15 is 0 Å². The van der Waals surface area contributed by atoms with Gasteiger partial charge >= 0.3 is 0 Å². The van der Waals surface area contributed by atoms with E-state index in [4.69, 9.17) is 0 Å². The number of nitrogens with one attached hydrogen (secondary N) is 1. The first-order valence-electron chi connectivity index (χ1n) is 8.44. The number of piperidine rings is 3. The smallest absolute Gasteiger partial charge is 0.248 e. The van der Waals surface area contributed by atoms with Gasteiger partial charge in [-0.3, -0.25) is 9.59 Å². The van der Waals surface area contributed by atoms with E-state index in [1.165, 1.54) is 25.9 Å². The lowest BCUT2D eigenvalue weighted by atomic mass is 9.81. The average molecular weight is 293 g/mol. The summed E-state index contributed by atoms with van der Waals surface area (Å²) in [5.41, 5.74) is -0.681. The van der Waals surface area contributed by atoms with Crippen LogP contribution in [0.3, 0.4) is 0 Å². The van der Waals surface area contributed by atoms with E-state index < -0.39 is 5.54 Å². The zero-order valence-electron chi connectivity index (χ0n) is 13.2. The molecule has 0 aromatic rings. The third-order valence-corrected chi connectivity index (χ3v) is 5.86. The highest BCUT2D eigenvalue weighted by Gasteiger charge is 2.47. The molecule has 21 heavy (non-hydrogen) atoms. The predicted octanol–water partition coefficient (Wildman–Crippen LogP) is 0.988. The fourth-order valence-corrected chi connectivity index (χ4v) is 4.31. The molecule has 2 bridgehead atoms. The lowest BCUT2D eigenvalue weighted by Gasteiger charge is -2.50. The van der Waals surface area contributed by atoms with Crippen LogP contribution in [0, 0.1) is 5.92 Å². The highest BCUT2D eigenvalue weighted by atomic mass is 16.2. The molecule has 1 N–H and O–H groups in total. The monoisotopic (exact) mass is 293 g/mol. The summed E-state index contributed by atoms with van der Waals surface area (Å²) in [5, 5.41) is 3.01. The molecule has 0 saturated carbocycles. The van der Waals surface area contributed by atoms with Gasteiger partial charge in [-0.25, -0.2) is 0 Å². The van der Waals surface area contributed by atoms with Crippen molar-refractivity contribution in [2.24, 2.45) is 5.92 Å². The average Bonchev–Trinajstić information content (AvgIpc) is 2.65. The Bertz CT molecular complexity index is 425. The van der Waals surface area contributed by atoms with Gasteiger partial charge < -0.3 is 15.1 Å². The Morgan fingerprint density at radius 2 is 1.81 bits per heavy atom. The maximum Gasteiger partial charge on any atom is 0.248 e. The maximum atomic E-state index is 13.1. The number of amides is 2. The number of nitrogens with zero attached hydrogens (tertiary/aromatic N) is 2. The van der Waals surface area contributed by atoms with Crippen molar-refractivity contribution in [2.75, 3.05) is 26.2 Å². The zero-order valence-corrected chi connectivity index (χ0v) is 13.2. The van der Waals surface area contributed by atoms with E-state index in [0.29, 0.717) is 37.8 Å². The molecule has 4 rings (SSSR count). The Morgan fingerprint density at radius 1 is 1.14 bits per heavy atom. The first-order chi connectivity index (χ1) is 10.1. The van der Waals surface area contributed by atoms with Crippen LogP contribution in [0.15, 0.2) is 0 Å². The molecule has 4 saturated heterocycles. The fourth-order valence-electron chi connectivity index (χ4n) is 4.31. The van der Waals surface area contributed by atoms with Gasteiger partial charge in [-0.2, -0.15) is 0 Å². The molecule has 4 aliphatic heterocycles. The second-order valence-electron chi connectivity index (χ2n) is 6.79. The third-order valence-electron chi connectivity index (χ3n) is 5.86. The summed E-state index contributed by atoms with van der Waals surface area (Å²) in [6, 6.07) is 0.310. The molecular weight excluding hydrogens is 266 g/mol. The van der Waals surface area contributed by atoms with Crippen molar-refractivity contribution in [3.8, 4) is 0 Å². The van der Waals surface area contributed by atoms with Crippen LogP contribution in [0.5, 0.6) is 0 Å². The summed E-state index contributed by atoms with van der Waals surface area (Å²) in [6.07, 6.45) is 4.18. The Hall–Kier alpha value is -1.10. The molecule has 0 spiro atoms. The Labute approximate surface area is 127 Å². The number of hydrogen-bond acceptors (Lipinski definition) is 3. The van der Waals surface area contributed by atoms with E-state index in [1.54, 1.807) is 0 Å². The van der Waals surface area contributed by atoms with Gasteiger partial charge in [0, 0.05) is 25.6 Å². The number of rotatable bonds is 3. The van der Waals surface area contributed by atoms with Crippen LogP contribution in [0.2, 0.25) is 0 Å². The molecule has 4 fully saturated rings. The van der Waals surface area contributed by atoms with Gasteiger partial charge in [0.1, 0.15) is 5.54 Å². The standard InChI is InChI=1S/C16H27N3O2/c1-3-16(4-2)15(21)19(10-7-14(20)17-16)13-11-18-8-5-12(13)6-9-18/h12-13H,3-11H2,1-2H3,(H,17,20). The van der Waals surface area contributed by atoms with Crippen LogP contribution in [0.25, 0.3) is 0 Å². The first-order valence-corrected chi connectivity index (χ1v) is 8.44. The van der Waals surface area contributed by atoms with E-state index in [2.05, 4.69) is 10.2 Å². The van der Waals surface area contributed by atoms with Gasteiger partial charge in [-0.1, -0.05) is 13.8 Å². The van der Waals surface area contributed by atoms with Crippen molar-refractivity contribution in [2.45, 2.75) is 57.5 Å². The van der Waals surface area contributed by atoms with Crippen LogP contribution in [0.1, 0.15) is 46.0 Å².